The molecule has 8 unspecified atom stereocenters. The molecular weight excluding hydrogens is 408 g/mol. The fraction of sp³-hybridized carbons (Fsp3) is 1.00. The van der Waals surface area contributed by atoms with E-state index in [1.807, 2.05) is 0 Å². The molecule has 0 radical (unpaired) electrons. The van der Waals surface area contributed by atoms with E-state index >= 15 is 0 Å². The lowest BCUT2D eigenvalue weighted by Crippen LogP contribution is -2.35. The molecule has 0 N–H and O–H groups in total. The molecule has 0 amide bonds. The summed E-state index contributed by atoms with van der Waals surface area (Å²) in [7, 11) is 0. The van der Waals surface area contributed by atoms with Crippen LogP contribution in [-0.2, 0) is 0 Å². The summed E-state index contributed by atoms with van der Waals surface area (Å²) in [4.78, 5) is 0. The minimum atomic E-state index is 1.01. The lowest BCUT2D eigenvalue weighted by atomic mass is 9.61. The molecule has 7 rings (SSSR count). The fourth-order valence-electron chi connectivity index (χ4n) is 9.62. The van der Waals surface area contributed by atoms with Crippen molar-refractivity contribution in [3.8, 4) is 0 Å². The topological polar surface area (TPSA) is 0 Å². The standard InChI is InChI=1S/C10H18.C9H16.C8H16.C7H14/c1-7-5-9-3-4-10(7)8(2)6-9;1-6-3-8-4-7(2)9(6)5-8;1-7-4-3-5-8(2)6-7;1-6-3-4-7(2)5-6/h7-10H,3-6H2,1-2H3;6-9H,3-5H2,1-2H3;7-8H,3-6H2,1-2H3;6-7H,3-5H2,1-2H3. The molecule has 7 fully saturated rings. The maximum absolute atomic E-state index is 2.45. The van der Waals surface area contributed by atoms with Gasteiger partial charge in [-0.15, -0.1) is 0 Å². The van der Waals surface area contributed by atoms with Crippen LogP contribution >= 0.6 is 0 Å². The molecule has 0 heterocycles. The fourth-order valence-corrected chi connectivity index (χ4v) is 9.62. The summed E-state index contributed by atoms with van der Waals surface area (Å²) in [6.07, 6.45) is 21.1. The van der Waals surface area contributed by atoms with Crippen molar-refractivity contribution in [2.45, 2.75) is 145 Å². The molecule has 0 aliphatic heterocycles. The predicted octanol–water partition coefficient (Wildman–Crippen LogP) is 11.0. The Balaban J connectivity index is 0.000000128. The van der Waals surface area contributed by atoms with Gasteiger partial charge in [0.2, 0.25) is 0 Å². The van der Waals surface area contributed by atoms with Gasteiger partial charge in [-0.3, -0.25) is 0 Å². The van der Waals surface area contributed by atoms with Crippen molar-refractivity contribution in [2.24, 2.45) is 71.0 Å². The van der Waals surface area contributed by atoms with Gasteiger partial charge in [0, 0.05) is 0 Å². The van der Waals surface area contributed by atoms with E-state index < -0.39 is 0 Å². The number of rotatable bonds is 0. The molecule has 0 spiro atoms. The van der Waals surface area contributed by atoms with Crippen molar-refractivity contribution in [3.05, 3.63) is 0 Å². The van der Waals surface area contributed by atoms with Crippen molar-refractivity contribution in [3.63, 3.8) is 0 Å². The molecule has 34 heavy (non-hydrogen) atoms. The quantitative estimate of drug-likeness (QED) is 0.329. The summed E-state index contributed by atoms with van der Waals surface area (Å²) in [5.41, 5.74) is 0. The lowest BCUT2D eigenvalue weighted by Gasteiger charge is -2.45. The Morgan fingerprint density at radius 1 is 0.324 bits per heavy atom. The van der Waals surface area contributed by atoms with Crippen molar-refractivity contribution >= 4 is 0 Å². The molecule has 8 atom stereocenters. The van der Waals surface area contributed by atoms with E-state index in [1.54, 1.807) is 12.8 Å². The second-order valence-corrected chi connectivity index (χ2v) is 15.1. The zero-order valence-corrected chi connectivity index (χ0v) is 24.8. The molecule has 0 nitrogen and oxygen atoms in total. The van der Waals surface area contributed by atoms with Crippen LogP contribution < -0.4 is 0 Å². The highest BCUT2D eigenvalue weighted by Crippen LogP contribution is 2.51. The Morgan fingerprint density at radius 3 is 0.971 bits per heavy atom. The Hall–Kier alpha value is 0. The Bertz CT molecular complexity index is 524. The molecule has 7 aliphatic rings. The monoisotopic (exact) mass is 473 g/mol. The van der Waals surface area contributed by atoms with Crippen LogP contribution in [0.25, 0.3) is 0 Å². The zero-order valence-electron chi connectivity index (χ0n) is 24.8. The largest absolute Gasteiger partial charge is 0.0625 e. The first-order valence-electron chi connectivity index (χ1n) is 16.1. The van der Waals surface area contributed by atoms with Crippen molar-refractivity contribution < 1.29 is 0 Å². The van der Waals surface area contributed by atoms with Crippen LogP contribution in [0.3, 0.4) is 0 Å². The smallest absolute Gasteiger partial charge is 0.0360 e. The zero-order chi connectivity index (χ0) is 24.8. The van der Waals surface area contributed by atoms with Gasteiger partial charge in [0.15, 0.2) is 0 Å². The molecule has 4 bridgehead atoms. The van der Waals surface area contributed by atoms with Gasteiger partial charge in [0.1, 0.15) is 0 Å². The molecule has 0 heteroatoms. The highest BCUT2D eigenvalue weighted by molar-refractivity contribution is 4.91. The SMILES string of the molecule is CC1CC2CC(C)C1C2.CC1CC2CCC1C(C)C2.CC1CCC(C)C1.CC1CCCC(C)C1. The lowest BCUT2D eigenvalue weighted by molar-refractivity contribution is 0.0556. The first-order valence-corrected chi connectivity index (χ1v) is 16.1. The first-order chi connectivity index (χ1) is 16.1. The molecule has 0 aromatic heterocycles. The molecule has 200 valence electrons. The third-order valence-electron chi connectivity index (χ3n) is 11.4. The first kappa shape index (κ1) is 28.6. The highest BCUT2D eigenvalue weighted by Gasteiger charge is 2.41. The van der Waals surface area contributed by atoms with E-state index in [0.29, 0.717) is 0 Å². The van der Waals surface area contributed by atoms with Gasteiger partial charge in [-0.25, -0.2) is 0 Å². The molecular formula is C34H64. The van der Waals surface area contributed by atoms with Crippen LogP contribution in [0.5, 0.6) is 0 Å². The van der Waals surface area contributed by atoms with Crippen molar-refractivity contribution in [1.29, 1.82) is 0 Å². The Morgan fingerprint density at radius 2 is 0.735 bits per heavy atom. The van der Waals surface area contributed by atoms with E-state index in [9.17, 15) is 0 Å². The van der Waals surface area contributed by atoms with Crippen LogP contribution in [-0.4, -0.2) is 0 Å². The average Bonchev–Trinajstić information content (AvgIpc) is 3.43. The molecule has 7 saturated carbocycles. The van der Waals surface area contributed by atoms with E-state index in [-0.39, 0.29) is 0 Å². The number of hydrogen-bond donors (Lipinski definition) is 0. The molecule has 7 aliphatic carbocycles. The summed E-state index contributed by atoms with van der Waals surface area (Å²) in [5.74, 6) is 12.7. The van der Waals surface area contributed by atoms with E-state index in [2.05, 4.69) is 55.4 Å². The van der Waals surface area contributed by atoms with Gasteiger partial charge in [-0.1, -0.05) is 93.9 Å². The maximum Gasteiger partial charge on any atom is -0.0360 e. The minimum Gasteiger partial charge on any atom is -0.0625 e. The van der Waals surface area contributed by atoms with E-state index in [4.69, 9.17) is 0 Å². The predicted molar refractivity (Wildman–Crippen MR) is 152 cm³/mol. The Labute approximate surface area is 216 Å². The van der Waals surface area contributed by atoms with Crippen LogP contribution in [0, 0.1) is 71.0 Å². The van der Waals surface area contributed by atoms with Crippen molar-refractivity contribution in [2.75, 3.05) is 0 Å². The Kier molecular flexibility index (Phi) is 11.4. The van der Waals surface area contributed by atoms with Gasteiger partial charge < -0.3 is 0 Å². The van der Waals surface area contributed by atoms with E-state index in [1.165, 1.54) is 77.0 Å². The number of fused-ring (bicyclic) bond motifs is 5. The van der Waals surface area contributed by atoms with Crippen LogP contribution in [0.1, 0.15) is 145 Å². The third-order valence-corrected chi connectivity index (χ3v) is 11.4. The van der Waals surface area contributed by atoms with Crippen LogP contribution in [0.4, 0.5) is 0 Å². The normalized spacial score (nSPS) is 48.7. The maximum atomic E-state index is 2.45. The molecule has 0 aromatic rings. The summed E-state index contributed by atoms with van der Waals surface area (Å²) in [6, 6.07) is 0. The van der Waals surface area contributed by atoms with E-state index in [0.717, 1.165) is 71.0 Å². The average molecular weight is 473 g/mol. The molecule has 0 saturated heterocycles. The summed E-state index contributed by atoms with van der Waals surface area (Å²) < 4.78 is 0. The van der Waals surface area contributed by atoms with Crippen LogP contribution in [0.2, 0.25) is 0 Å². The van der Waals surface area contributed by atoms with Gasteiger partial charge in [-0.05, 0) is 122 Å². The second-order valence-electron chi connectivity index (χ2n) is 15.1. The van der Waals surface area contributed by atoms with Gasteiger partial charge in [-0.2, -0.15) is 0 Å². The third kappa shape index (κ3) is 8.54. The number of hydrogen-bond acceptors (Lipinski definition) is 0. The summed E-state index contributed by atoms with van der Waals surface area (Å²) >= 11 is 0. The van der Waals surface area contributed by atoms with Crippen LogP contribution in [0.15, 0.2) is 0 Å². The molecule has 0 aromatic carbocycles. The van der Waals surface area contributed by atoms with Gasteiger partial charge >= 0.3 is 0 Å². The highest BCUT2D eigenvalue weighted by atomic mass is 14.5. The van der Waals surface area contributed by atoms with Gasteiger partial charge in [0.05, 0.1) is 0 Å². The van der Waals surface area contributed by atoms with Gasteiger partial charge in [0.25, 0.3) is 0 Å². The van der Waals surface area contributed by atoms with Crippen molar-refractivity contribution in [1.82, 2.24) is 0 Å². The minimum absolute atomic E-state index is 1.01. The summed E-state index contributed by atoms with van der Waals surface area (Å²) in [5, 5.41) is 0. The second kappa shape index (κ2) is 13.5. The summed E-state index contributed by atoms with van der Waals surface area (Å²) in [6.45, 7) is 19.2.